The fraction of sp³-hybridized carbons (Fsp3) is 0.538. The normalized spacial score (nSPS) is 12.4. The van der Waals surface area contributed by atoms with E-state index in [9.17, 15) is 9.59 Å². The molecule has 0 aliphatic heterocycles. The average molecular weight is 269 g/mol. The first-order chi connectivity index (χ1) is 8.45. The number of amides is 1. The smallest absolute Gasteiger partial charge is 0.308 e. The lowest BCUT2D eigenvalue weighted by molar-refractivity contribution is -0.142. The van der Waals surface area contributed by atoms with Gasteiger partial charge >= 0.3 is 5.97 Å². The second-order valence-corrected chi connectivity index (χ2v) is 5.69. The largest absolute Gasteiger partial charge is 0.481 e. The molecule has 0 saturated heterocycles. The molecule has 5 heteroatoms. The first kappa shape index (κ1) is 14.7. The molecule has 0 aromatic carbocycles. The SMILES string of the molecule is CCc1ccc(C(=O)NCC(C(=O)O)C(C)C)s1. The Bertz CT molecular complexity index is 426. The summed E-state index contributed by atoms with van der Waals surface area (Å²) in [5, 5.41) is 11.7. The number of hydrogen-bond acceptors (Lipinski definition) is 3. The van der Waals surface area contributed by atoms with Gasteiger partial charge in [-0.25, -0.2) is 0 Å². The number of aliphatic carboxylic acids is 1. The van der Waals surface area contributed by atoms with Gasteiger partial charge in [-0.2, -0.15) is 0 Å². The van der Waals surface area contributed by atoms with Gasteiger partial charge in [0.15, 0.2) is 0 Å². The monoisotopic (exact) mass is 269 g/mol. The quantitative estimate of drug-likeness (QED) is 0.833. The zero-order valence-corrected chi connectivity index (χ0v) is 11.7. The van der Waals surface area contributed by atoms with E-state index in [1.165, 1.54) is 11.3 Å². The minimum Gasteiger partial charge on any atom is -0.481 e. The Labute approximate surface area is 111 Å². The molecule has 2 N–H and O–H groups in total. The molecule has 1 rings (SSSR count). The zero-order valence-electron chi connectivity index (χ0n) is 10.9. The van der Waals surface area contributed by atoms with E-state index < -0.39 is 11.9 Å². The highest BCUT2D eigenvalue weighted by Gasteiger charge is 2.22. The lowest BCUT2D eigenvalue weighted by Gasteiger charge is -2.16. The lowest BCUT2D eigenvalue weighted by atomic mass is 9.96. The minimum atomic E-state index is -0.870. The van der Waals surface area contributed by atoms with Gasteiger partial charge in [0.2, 0.25) is 0 Å². The number of carboxylic acid groups (broad SMARTS) is 1. The number of carboxylic acids is 1. The summed E-state index contributed by atoms with van der Waals surface area (Å²) in [5.74, 6) is -1.60. The average Bonchev–Trinajstić information content (AvgIpc) is 2.76. The Balaban J connectivity index is 2.57. The van der Waals surface area contributed by atoms with E-state index in [1.807, 2.05) is 26.8 Å². The molecular formula is C13H19NO3S. The number of nitrogens with one attached hydrogen (secondary N) is 1. The summed E-state index contributed by atoms with van der Waals surface area (Å²) >= 11 is 1.45. The number of thiophene rings is 1. The number of aryl methyl sites for hydroxylation is 1. The summed E-state index contributed by atoms with van der Waals surface area (Å²) in [4.78, 5) is 24.6. The maximum absolute atomic E-state index is 11.8. The number of carbonyl (C=O) groups is 2. The minimum absolute atomic E-state index is 0.00246. The van der Waals surface area contributed by atoms with E-state index in [1.54, 1.807) is 6.07 Å². The summed E-state index contributed by atoms with van der Waals surface area (Å²) in [6.45, 7) is 5.88. The van der Waals surface area contributed by atoms with Gasteiger partial charge < -0.3 is 10.4 Å². The molecule has 0 radical (unpaired) electrons. The van der Waals surface area contributed by atoms with Crippen molar-refractivity contribution in [3.63, 3.8) is 0 Å². The molecule has 4 nitrogen and oxygen atoms in total. The molecule has 0 bridgehead atoms. The summed E-state index contributed by atoms with van der Waals surface area (Å²) in [5.41, 5.74) is 0. The van der Waals surface area contributed by atoms with Crippen LogP contribution in [-0.4, -0.2) is 23.5 Å². The molecule has 18 heavy (non-hydrogen) atoms. The molecular weight excluding hydrogens is 250 g/mol. The second kappa shape index (κ2) is 6.54. The highest BCUT2D eigenvalue weighted by molar-refractivity contribution is 7.14. The van der Waals surface area contributed by atoms with Crippen LogP contribution in [0.15, 0.2) is 12.1 Å². The van der Waals surface area contributed by atoms with Gasteiger partial charge in [0.25, 0.3) is 5.91 Å². The summed E-state index contributed by atoms with van der Waals surface area (Å²) < 4.78 is 0. The standard InChI is InChI=1S/C13H19NO3S/c1-4-9-5-6-11(18-9)12(15)14-7-10(8(2)3)13(16)17/h5-6,8,10H,4,7H2,1-3H3,(H,14,15)(H,16,17). The molecule has 0 aliphatic carbocycles. The second-order valence-electron chi connectivity index (χ2n) is 4.52. The number of rotatable bonds is 6. The number of carbonyl (C=O) groups excluding carboxylic acids is 1. The molecule has 0 spiro atoms. The van der Waals surface area contributed by atoms with Crippen LogP contribution >= 0.6 is 11.3 Å². The van der Waals surface area contributed by atoms with Gasteiger partial charge in [-0.15, -0.1) is 11.3 Å². The van der Waals surface area contributed by atoms with Crippen LogP contribution in [0.25, 0.3) is 0 Å². The number of hydrogen-bond donors (Lipinski definition) is 2. The first-order valence-electron chi connectivity index (χ1n) is 6.05. The topological polar surface area (TPSA) is 66.4 Å². The third-order valence-corrected chi connectivity index (χ3v) is 4.07. The molecule has 100 valence electrons. The summed E-state index contributed by atoms with van der Waals surface area (Å²) in [6.07, 6.45) is 0.904. The van der Waals surface area contributed by atoms with Crippen molar-refractivity contribution in [2.45, 2.75) is 27.2 Å². The third-order valence-electron chi connectivity index (χ3n) is 2.84. The van der Waals surface area contributed by atoms with E-state index in [-0.39, 0.29) is 18.4 Å². The van der Waals surface area contributed by atoms with Crippen molar-refractivity contribution in [2.75, 3.05) is 6.54 Å². The van der Waals surface area contributed by atoms with Crippen LogP contribution in [0.5, 0.6) is 0 Å². The predicted octanol–water partition coefficient (Wildman–Crippen LogP) is 2.40. The molecule has 0 saturated carbocycles. The van der Waals surface area contributed by atoms with E-state index in [0.29, 0.717) is 4.88 Å². The molecule has 1 atom stereocenters. The van der Waals surface area contributed by atoms with Crippen molar-refractivity contribution in [3.05, 3.63) is 21.9 Å². The van der Waals surface area contributed by atoms with Crippen molar-refractivity contribution in [3.8, 4) is 0 Å². The van der Waals surface area contributed by atoms with E-state index in [0.717, 1.165) is 11.3 Å². The van der Waals surface area contributed by atoms with Gasteiger partial charge in [0.1, 0.15) is 0 Å². The van der Waals surface area contributed by atoms with Crippen molar-refractivity contribution in [1.29, 1.82) is 0 Å². The van der Waals surface area contributed by atoms with Gasteiger partial charge in [-0.05, 0) is 24.5 Å². The lowest BCUT2D eigenvalue weighted by Crippen LogP contribution is -2.35. The summed E-state index contributed by atoms with van der Waals surface area (Å²) in [6, 6.07) is 3.71. The molecule has 1 aromatic rings. The third kappa shape index (κ3) is 3.84. The van der Waals surface area contributed by atoms with Crippen LogP contribution in [0, 0.1) is 11.8 Å². The van der Waals surface area contributed by atoms with Crippen LogP contribution < -0.4 is 5.32 Å². The van der Waals surface area contributed by atoms with Crippen LogP contribution in [0.3, 0.4) is 0 Å². The van der Waals surface area contributed by atoms with Crippen molar-refractivity contribution in [2.24, 2.45) is 11.8 Å². The predicted molar refractivity (Wildman–Crippen MR) is 72.0 cm³/mol. The molecule has 1 unspecified atom stereocenters. The molecule has 1 aromatic heterocycles. The highest BCUT2D eigenvalue weighted by atomic mass is 32.1. The Morgan fingerprint density at radius 2 is 2.06 bits per heavy atom. The van der Waals surface area contributed by atoms with Crippen LogP contribution in [0.1, 0.15) is 35.3 Å². The fourth-order valence-electron chi connectivity index (χ4n) is 1.59. The van der Waals surface area contributed by atoms with Crippen molar-refractivity contribution in [1.82, 2.24) is 5.32 Å². The van der Waals surface area contributed by atoms with E-state index in [2.05, 4.69) is 5.32 Å². The summed E-state index contributed by atoms with van der Waals surface area (Å²) in [7, 11) is 0. The molecule has 0 aliphatic rings. The van der Waals surface area contributed by atoms with Crippen LogP contribution in [-0.2, 0) is 11.2 Å². The Morgan fingerprint density at radius 3 is 2.50 bits per heavy atom. The van der Waals surface area contributed by atoms with Crippen LogP contribution in [0.4, 0.5) is 0 Å². The van der Waals surface area contributed by atoms with Crippen LogP contribution in [0.2, 0.25) is 0 Å². The maximum Gasteiger partial charge on any atom is 0.308 e. The van der Waals surface area contributed by atoms with E-state index >= 15 is 0 Å². The molecule has 1 amide bonds. The zero-order chi connectivity index (χ0) is 13.7. The Kier molecular flexibility index (Phi) is 5.34. The van der Waals surface area contributed by atoms with Gasteiger partial charge in [-0.1, -0.05) is 20.8 Å². The Hall–Kier alpha value is -1.36. The van der Waals surface area contributed by atoms with Gasteiger partial charge in [0, 0.05) is 11.4 Å². The van der Waals surface area contributed by atoms with Crippen molar-refractivity contribution < 1.29 is 14.7 Å². The molecule has 0 fully saturated rings. The molecule has 1 heterocycles. The van der Waals surface area contributed by atoms with E-state index in [4.69, 9.17) is 5.11 Å². The highest BCUT2D eigenvalue weighted by Crippen LogP contribution is 2.17. The van der Waals surface area contributed by atoms with Gasteiger partial charge in [-0.3, -0.25) is 9.59 Å². The fourth-order valence-corrected chi connectivity index (χ4v) is 2.45. The first-order valence-corrected chi connectivity index (χ1v) is 6.87. The van der Waals surface area contributed by atoms with Crippen molar-refractivity contribution >= 4 is 23.2 Å². The van der Waals surface area contributed by atoms with Gasteiger partial charge in [0.05, 0.1) is 10.8 Å². The Morgan fingerprint density at radius 1 is 1.39 bits per heavy atom. The maximum atomic E-state index is 11.8.